The highest BCUT2D eigenvalue weighted by atomic mass is 35.5. The van der Waals surface area contributed by atoms with E-state index in [1.165, 1.54) is 12.4 Å². The van der Waals surface area contributed by atoms with Crippen LogP contribution in [0.2, 0.25) is 5.02 Å². The van der Waals surface area contributed by atoms with Crippen molar-refractivity contribution in [1.29, 1.82) is 0 Å². The molecule has 20 heavy (non-hydrogen) atoms. The van der Waals surface area contributed by atoms with E-state index in [2.05, 4.69) is 10.1 Å². The zero-order valence-electron chi connectivity index (χ0n) is 11.1. The average Bonchev–Trinajstić information content (AvgIpc) is 2.85. The van der Waals surface area contributed by atoms with E-state index in [0.29, 0.717) is 5.82 Å². The number of carboxylic acids is 1. The lowest BCUT2D eigenvalue weighted by Crippen LogP contribution is -2.12. The van der Waals surface area contributed by atoms with E-state index in [-0.39, 0.29) is 29.0 Å². The van der Waals surface area contributed by atoms with Crippen LogP contribution in [0.3, 0.4) is 0 Å². The van der Waals surface area contributed by atoms with Crippen molar-refractivity contribution in [3.8, 4) is 5.75 Å². The maximum Gasteiger partial charge on any atom is 0.339 e. The van der Waals surface area contributed by atoms with Crippen molar-refractivity contribution < 1.29 is 14.6 Å². The standard InChI is InChI=1S/C13H14ClN3O3/c1-8(2)17-11(15-7-16-17)6-20-12-9(13(18)19)4-3-5-10(12)14/h3-5,7-8H,6H2,1-2H3,(H,18,19). The van der Waals surface area contributed by atoms with E-state index in [0.717, 1.165) is 0 Å². The minimum Gasteiger partial charge on any atom is -0.483 e. The second-order valence-corrected chi connectivity index (χ2v) is 4.83. The van der Waals surface area contributed by atoms with Crippen molar-refractivity contribution in [3.63, 3.8) is 0 Å². The summed E-state index contributed by atoms with van der Waals surface area (Å²) >= 11 is 5.98. The third-order valence-electron chi connectivity index (χ3n) is 2.68. The molecule has 0 bridgehead atoms. The van der Waals surface area contributed by atoms with Crippen LogP contribution in [0.15, 0.2) is 24.5 Å². The Morgan fingerprint density at radius 1 is 1.50 bits per heavy atom. The monoisotopic (exact) mass is 295 g/mol. The van der Waals surface area contributed by atoms with Crippen LogP contribution in [-0.2, 0) is 6.61 Å². The summed E-state index contributed by atoms with van der Waals surface area (Å²) in [5.74, 6) is -0.343. The maximum absolute atomic E-state index is 11.1. The maximum atomic E-state index is 11.1. The number of para-hydroxylation sites is 1. The Balaban J connectivity index is 2.23. The molecule has 7 heteroatoms. The molecule has 1 heterocycles. The van der Waals surface area contributed by atoms with Crippen LogP contribution >= 0.6 is 11.6 Å². The Bertz CT molecular complexity index is 625. The third kappa shape index (κ3) is 2.91. The normalized spacial score (nSPS) is 10.8. The molecule has 1 aromatic heterocycles. The van der Waals surface area contributed by atoms with Gasteiger partial charge in [0.15, 0.2) is 11.6 Å². The van der Waals surface area contributed by atoms with Gasteiger partial charge in [0.25, 0.3) is 0 Å². The molecule has 106 valence electrons. The van der Waals surface area contributed by atoms with Crippen molar-refractivity contribution in [2.24, 2.45) is 0 Å². The van der Waals surface area contributed by atoms with E-state index < -0.39 is 5.97 Å². The largest absolute Gasteiger partial charge is 0.483 e. The molecule has 0 spiro atoms. The van der Waals surface area contributed by atoms with Crippen LogP contribution in [0.25, 0.3) is 0 Å². The topological polar surface area (TPSA) is 77.2 Å². The van der Waals surface area contributed by atoms with Gasteiger partial charge in [-0.25, -0.2) is 14.5 Å². The fourth-order valence-corrected chi connectivity index (χ4v) is 2.00. The Morgan fingerprint density at radius 3 is 2.90 bits per heavy atom. The molecule has 0 unspecified atom stereocenters. The molecular formula is C13H14ClN3O3. The third-order valence-corrected chi connectivity index (χ3v) is 2.98. The van der Waals surface area contributed by atoms with Gasteiger partial charge in [0.2, 0.25) is 0 Å². The molecule has 0 radical (unpaired) electrons. The van der Waals surface area contributed by atoms with Crippen molar-refractivity contribution in [2.45, 2.75) is 26.5 Å². The van der Waals surface area contributed by atoms with Gasteiger partial charge in [-0.05, 0) is 26.0 Å². The van der Waals surface area contributed by atoms with Crippen LogP contribution in [-0.4, -0.2) is 25.8 Å². The molecule has 0 aliphatic heterocycles. The summed E-state index contributed by atoms with van der Waals surface area (Å²) in [6.45, 7) is 4.04. The number of rotatable bonds is 5. The molecule has 0 aliphatic carbocycles. The summed E-state index contributed by atoms with van der Waals surface area (Å²) in [5.41, 5.74) is 0.0214. The summed E-state index contributed by atoms with van der Waals surface area (Å²) in [4.78, 5) is 15.2. The number of carboxylic acid groups (broad SMARTS) is 1. The van der Waals surface area contributed by atoms with Gasteiger partial charge in [-0.2, -0.15) is 5.10 Å². The van der Waals surface area contributed by atoms with Gasteiger partial charge in [-0.3, -0.25) is 0 Å². The molecular weight excluding hydrogens is 282 g/mol. The number of carbonyl (C=O) groups is 1. The zero-order chi connectivity index (χ0) is 14.7. The number of ether oxygens (including phenoxy) is 1. The SMILES string of the molecule is CC(C)n1ncnc1COc1c(Cl)cccc1C(=O)O. The zero-order valence-corrected chi connectivity index (χ0v) is 11.8. The van der Waals surface area contributed by atoms with Crippen molar-refractivity contribution >= 4 is 17.6 Å². The molecule has 6 nitrogen and oxygen atoms in total. The Labute approximate surface area is 121 Å². The lowest BCUT2D eigenvalue weighted by Gasteiger charge is -2.12. The van der Waals surface area contributed by atoms with Crippen LogP contribution in [0.5, 0.6) is 5.75 Å². The first kappa shape index (κ1) is 14.3. The number of hydrogen-bond acceptors (Lipinski definition) is 4. The first-order valence-electron chi connectivity index (χ1n) is 6.03. The fraction of sp³-hybridized carbons (Fsp3) is 0.308. The Kier molecular flexibility index (Phi) is 4.24. The molecule has 2 rings (SSSR count). The molecule has 0 atom stereocenters. The van der Waals surface area contributed by atoms with Gasteiger partial charge in [0, 0.05) is 6.04 Å². The first-order chi connectivity index (χ1) is 9.50. The first-order valence-corrected chi connectivity index (χ1v) is 6.41. The summed E-state index contributed by atoms with van der Waals surface area (Å²) in [6.07, 6.45) is 1.43. The van der Waals surface area contributed by atoms with E-state index >= 15 is 0 Å². The van der Waals surface area contributed by atoms with E-state index in [4.69, 9.17) is 21.4 Å². The van der Waals surface area contributed by atoms with E-state index in [9.17, 15) is 4.79 Å². The highest BCUT2D eigenvalue weighted by molar-refractivity contribution is 6.32. The number of benzene rings is 1. The molecule has 0 fully saturated rings. The van der Waals surface area contributed by atoms with E-state index in [1.807, 2.05) is 13.8 Å². The summed E-state index contributed by atoms with van der Waals surface area (Å²) in [7, 11) is 0. The lowest BCUT2D eigenvalue weighted by molar-refractivity contribution is 0.0691. The van der Waals surface area contributed by atoms with Crippen LogP contribution in [0, 0.1) is 0 Å². The van der Waals surface area contributed by atoms with Crippen molar-refractivity contribution in [2.75, 3.05) is 0 Å². The number of nitrogens with zero attached hydrogens (tertiary/aromatic N) is 3. The van der Waals surface area contributed by atoms with Crippen LogP contribution in [0.1, 0.15) is 36.1 Å². The number of aromatic carboxylic acids is 1. The minimum atomic E-state index is -1.09. The second kappa shape index (κ2) is 5.92. The predicted molar refractivity (Wildman–Crippen MR) is 73.2 cm³/mol. The minimum absolute atomic E-state index is 0.0214. The van der Waals surface area contributed by atoms with Gasteiger partial charge in [0.05, 0.1) is 5.02 Å². The van der Waals surface area contributed by atoms with Crippen molar-refractivity contribution in [3.05, 3.63) is 40.9 Å². The molecule has 0 aliphatic rings. The Morgan fingerprint density at radius 2 is 2.25 bits per heavy atom. The number of halogens is 1. The van der Waals surface area contributed by atoms with Gasteiger partial charge in [-0.15, -0.1) is 0 Å². The van der Waals surface area contributed by atoms with Gasteiger partial charge in [-0.1, -0.05) is 17.7 Å². The van der Waals surface area contributed by atoms with Crippen LogP contribution in [0.4, 0.5) is 0 Å². The number of aromatic nitrogens is 3. The molecule has 0 saturated carbocycles. The fourth-order valence-electron chi connectivity index (χ4n) is 1.77. The lowest BCUT2D eigenvalue weighted by atomic mass is 10.2. The van der Waals surface area contributed by atoms with Crippen molar-refractivity contribution in [1.82, 2.24) is 14.8 Å². The average molecular weight is 296 g/mol. The van der Waals surface area contributed by atoms with Crippen LogP contribution < -0.4 is 4.74 Å². The van der Waals surface area contributed by atoms with Gasteiger partial charge >= 0.3 is 5.97 Å². The summed E-state index contributed by atoms with van der Waals surface area (Å²) in [6, 6.07) is 4.73. The van der Waals surface area contributed by atoms with Gasteiger partial charge in [0.1, 0.15) is 18.5 Å². The number of hydrogen-bond donors (Lipinski definition) is 1. The highest BCUT2D eigenvalue weighted by Crippen LogP contribution is 2.29. The highest BCUT2D eigenvalue weighted by Gasteiger charge is 2.16. The second-order valence-electron chi connectivity index (χ2n) is 4.42. The molecule has 2 aromatic rings. The predicted octanol–water partition coefficient (Wildman–Crippen LogP) is 2.79. The quantitative estimate of drug-likeness (QED) is 0.917. The summed E-state index contributed by atoms with van der Waals surface area (Å²) in [5, 5.41) is 13.5. The smallest absolute Gasteiger partial charge is 0.339 e. The molecule has 0 saturated heterocycles. The van der Waals surface area contributed by atoms with Gasteiger partial charge < -0.3 is 9.84 Å². The molecule has 0 amide bonds. The summed E-state index contributed by atoms with van der Waals surface area (Å²) < 4.78 is 7.23. The Hall–Kier alpha value is -2.08. The molecule has 1 aromatic carbocycles. The molecule has 1 N–H and O–H groups in total. The van der Waals surface area contributed by atoms with E-state index in [1.54, 1.807) is 16.8 Å².